The van der Waals surface area contributed by atoms with Crippen LogP contribution in [-0.4, -0.2) is 47.4 Å². The number of piperazine rings is 1. The van der Waals surface area contributed by atoms with Crippen molar-refractivity contribution in [2.75, 3.05) is 11.9 Å². The van der Waals surface area contributed by atoms with Gasteiger partial charge in [-0.3, -0.25) is 9.59 Å². The maximum Gasteiger partial charge on any atom is 0.319 e. The second-order valence-corrected chi connectivity index (χ2v) is 7.57. The first-order valence-electron chi connectivity index (χ1n) is 9.02. The molecule has 0 aliphatic carbocycles. The fourth-order valence-corrected chi connectivity index (χ4v) is 3.55. The van der Waals surface area contributed by atoms with E-state index in [2.05, 4.69) is 16.0 Å². The monoisotopic (exact) mass is 358 g/mol. The van der Waals surface area contributed by atoms with E-state index in [-0.39, 0.29) is 29.8 Å². The maximum absolute atomic E-state index is 12.6. The van der Waals surface area contributed by atoms with Gasteiger partial charge in [-0.15, -0.1) is 0 Å². The van der Waals surface area contributed by atoms with Crippen LogP contribution in [0.15, 0.2) is 18.2 Å². The minimum Gasteiger partial charge on any atom is -0.342 e. The van der Waals surface area contributed by atoms with Crippen LogP contribution in [-0.2, 0) is 9.59 Å². The molecule has 4 amide bonds. The van der Waals surface area contributed by atoms with Crippen molar-refractivity contribution in [2.45, 2.75) is 52.2 Å². The van der Waals surface area contributed by atoms with E-state index < -0.39 is 12.1 Å². The number of urea groups is 1. The van der Waals surface area contributed by atoms with Gasteiger partial charge in [-0.25, -0.2) is 4.79 Å². The molecule has 1 aromatic rings. The topological polar surface area (TPSA) is 90.5 Å². The van der Waals surface area contributed by atoms with Crippen molar-refractivity contribution >= 4 is 23.5 Å². The highest BCUT2D eigenvalue weighted by molar-refractivity contribution is 5.98. The van der Waals surface area contributed by atoms with Crippen molar-refractivity contribution in [3.05, 3.63) is 29.3 Å². The van der Waals surface area contributed by atoms with Crippen molar-refractivity contribution in [3.63, 3.8) is 0 Å². The quantitative estimate of drug-likeness (QED) is 0.766. The molecule has 140 valence electrons. The molecule has 3 N–H and O–H groups in total. The van der Waals surface area contributed by atoms with Crippen LogP contribution in [0.4, 0.5) is 10.5 Å². The molecule has 3 rings (SSSR count). The third-order valence-corrected chi connectivity index (χ3v) is 5.22. The number of carbonyl (C=O) groups excluding carboxylic acids is 3. The third-order valence-electron chi connectivity index (χ3n) is 5.22. The summed E-state index contributed by atoms with van der Waals surface area (Å²) in [6, 6.07) is 4.17. The molecular formula is C19H26N4O3. The first kappa shape index (κ1) is 18.2. The molecule has 7 nitrogen and oxygen atoms in total. The van der Waals surface area contributed by atoms with Crippen LogP contribution in [0.5, 0.6) is 0 Å². The molecule has 26 heavy (non-hydrogen) atoms. The van der Waals surface area contributed by atoms with Gasteiger partial charge in [-0.1, -0.05) is 19.9 Å². The number of nitrogens with one attached hydrogen (secondary N) is 3. The lowest BCUT2D eigenvalue weighted by Crippen LogP contribution is -2.62. The summed E-state index contributed by atoms with van der Waals surface area (Å²) in [5, 5.41) is 8.50. The standard InChI is InChI=1S/C19H26N4O3/c1-10(2)16-18(25)23-9-14(8-15(23)17(24)22-16)21-19(26)20-13-6-5-11(3)12(4)7-13/h5-7,10,14-16H,8-9H2,1-4H3,(H,22,24)(H2,20,21,26)/t14-,15-,16-/m0/s1. The Morgan fingerprint density at radius 2 is 1.96 bits per heavy atom. The Morgan fingerprint density at radius 1 is 1.23 bits per heavy atom. The SMILES string of the molecule is Cc1ccc(NC(=O)N[C@H]2C[C@H]3C(=O)N[C@@H](C(C)C)C(=O)N3C2)cc1C. The lowest BCUT2D eigenvalue weighted by atomic mass is 9.98. The Labute approximate surface area is 153 Å². The molecule has 7 heteroatoms. The normalized spacial score (nSPS) is 25.1. The van der Waals surface area contributed by atoms with E-state index in [1.807, 2.05) is 45.9 Å². The van der Waals surface area contributed by atoms with E-state index in [1.54, 1.807) is 4.90 Å². The van der Waals surface area contributed by atoms with Crippen molar-refractivity contribution < 1.29 is 14.4 Å². The Hall–Kier alpha value is -2.57. The van der Waals surface area contributed by atoms with Gasteiger partial charge in [0.05, 0.1) is 6.04 Å². The molecular weight excluding hydrogens is 332 g/mol. The number of hydrogen-bond donors (Lipinski definition) is 3. The lowest BCUT2D eigenvalue weighted by molar-refractivity contribution is -0.148. The highest BCUT2D eigenvalue weighted by Crippen LogP contribution is 2.25. The van der Waals surface area contributed by atoms with Gasteiger partial charge in [0.25, 0.3) is 0 Å². The molecule has 0 radical (unpaired) electrons. The number of amides is 4. The summed E-state index contributed by atoms with van der Waals surface area (Å²) >= 11 is 0. The van der Waals surface area contributed by atoms with Gasteiger partial charge in [-0.2, -0.15) is 0 Å². The van der Waals surface area contributed by atoms with E-state index in [1.165, 1.54) is 0 Å². The van der Waals surface area contributed by atoms with Gasteiger partial charge in [0.2, 0.25) is 11.8 Å². The summed E-state index contributed by atoms with van der Waals surface area (Å²) in [6.07, 6.45) is 0.433. The van der Waals surface area contributed by atoms with E-state index in [4.69, 9.17) is 0 Å². The summed E-state index contributed by atoms with van der Waals surface area (Å²) in [5.74, 6) is -0.168. The smallest absolute Gasteiger partial charge is 0.319 e. The molecule has 2 fully saturated rings. The number of fused-ring (bicyclic) bond motifs is 1. The first-order valence-corrected chi connectivity index (χ1v) is 9.02. The molecule has 0 aromatic heterocycles. The van der Waals surface area contributed by atoms with Crippen molar-refractivity contribution in [1.82, 2.24) is 15.5 Å². The predicted molar refractivity (Wildman–Crippen MR) is 98.7 cm³/mol. The second kappa shape index (κ2) is 6.97. The van der Waals surface area contributed by atoms with Crippen molar-refractivity contribution in [3.8, 4) is 0 Å². The van der Waals surface area contributed by atoms with Crippen LogP contribution in [0.25, 0.3) is 0 Å². The lowest BCUT2D eigenvalue weighted by Gasteiger charge is -2.36. The molecule has 0 spiro atoms. The molecule has 2 heterocycles. The largest absolute Gasteiger partial charge is 0.342 e. The van der Waals surface area contributed by atoms with Crippen LogP contribution in [0, 0.1) is 19.8 Å². The number of hydrogen-bond acceptors (Lipinski definition) is 3. The van der Waals surface area contributed by atoms with E-state index >= 15 is 0 Å². The van der Waals surface area contributed by atoms with E-state index in [0.29, 0.717) is 13.0 Å². The molecule has 2 aliphatic rings. The van der Waals surface area contributed by atoms with Crippen LogP contribution in [0.3, 0.4) is 0 Å². The molecule has 0 saturated carbocycles. The highest BCUT2D eigenvalue weighted by Gasteiger charge is 2.47. The summed E-state index contributed by atoms with van der Waals surface area (Å²) in [7, 11) is 0. The number of nitrogens with zero attached hydrogens (tertiary/aromatic N) is 1. The number of rotatable bonds is 3. The van der Waals surface area contributed by atoms with Gasteiger partial charge >= 0.3 is 6.03 Å². The fourth-order valence-electron chi connectivity index (χ4n) is 3.55. The van der Waals surface area contributed by atoms with Gasteiger partial charge < -0.3 is 20.9 Å². The van der Waals surface area contributed by atoms with Gasteiger partial charge in [0, 0.05) is 12.2 Å². The van der Waals surface area contributed by atoms with Crippen molar-refractivity contribution in [2.24, 2.45) is 5.92 Å². The Morgan fingerprint density at radius 3 is 2.62 bits per heavy atom. The molecule has 0 bridgehead atoms. The second-order valence-electron chi connectivity index (χ2n) is 7.57. The van der Waals surface area contributed by atoms with E-state index in [0.717, 1.165) is 16.8 Å². The van der Waals surface area contributed by atoms with Gasteiger partial charge in [0.1, 0.15) is 12.1 Å². The molecule has 0 unspecified atom stereocenters. The third kappa shape index (κ3) is 3.52. The van der Waals surface area contributed by atoms with Crippen LogP contribution in [0.1, 0.15) is 31.4 Å². The zero-order valence-corrected chi connectivity index (χ0v) is 15.6. The highest BCUT2D eigenvalue weighted by atomic mass is 16.2. The minimum atomic E-state index is -0.496. The number of carbonyl (C=O) groups is 3. The zero-order valence-electron chi connectivity index (χ0n) is 15.6. The first-order chi connectivity index (χ1) is 12.3. The van der Waals surface area contributed by atoms with Gasteiger partial charge in [-0.05, 0) is 49.4 Å². The number of anilines is 1. The average molecular weight is 358 g/mol. The van der Waals surface area contributed by atoms with Gasteiger partial charge in [0.15, 0.2) is 0 Å². The predicted octanol–water partition coefficient (Wildman–Crippen LogP) is 1.55. The Bertz CT molecular complexity index is 746. The zero-order chi connectivity index (χ0) is 19.0. The molecule has 1 aromatic carbocycles. The van der Waals surface area contributed by atoms with E-state index in [9.17, 15) is 14.4 Å². The van der Waals surface area contributed by atoms with Crippen LogP contribution < -0.4 is 16.0 Å². The minimum absolute atomic E-state index is 0.0347. The van der Waals surface area contributed by atoms with Crippen molar-refractivity contribution in [1.29, 1.82) is 0 Å². The summed E-state index contributed by atoms with van der Waals surface area (Å²) in [4.78, 5) is 38.7. The summed E-state index contributed by atoms with van der Waals surface area (Å²) in [6.45, 7) is 8.18. The number of aryl methyl sites for hydroxylation is 2. The van der Waals surface area contributed by atoms with Crippen LogP contribution in [0.2, 0.25) is 0 Å². The maximum atomic E-state index is 12.6. The molecule has 3 atom stereocenters. The van der Waals surface area contributed by atoms with Crippen LogP contribution >= 0.6 is 0 Å². The fraction of sp³-hybridized carbons (Fsp3) is 0.526. The summed E-state index contributed by atoms with van der Waals surface area (Å²) in [5.41, 5.74) is 2.98. The Kier molecular flexibility index (Phi) is 4.89. The average Bonchev–Trinajstić information content (AvgIpc) is 2.98. The molecule has 2 aliphatic heterocycles. The molecule has 2 saturated heterocycles. The number of benzene rings is 1. The Balaban J connectivity index is 1.61. The summed E-state index contributed by atoms with van der Waals surface area (Å²) < 4.78 is 0.